The van der Waals surface area contributed by atoms with E-state index in [-0.39, 0.29) is 0 Å². The summed E-state index contributed by atoms with van der Waals surface area (Å²) in [6, 6.07) is 0. The first-order valence-electron chi connectivity index (χ1n) is 7.09. The van der Waals surface area contributed by atoms with Crippen molar-refractivity contribution in [3.63, 3.8) is 0 Å². The maximum absolute atomic E-state index is 3.97. The second-order valence-corrected chi connectivity index (χ2v) is 6.73. The molecule has 4 fully saturated rings. The second kappa shape index (κ2) is 3.79. The minimum Gasteiger partial charge on any atom is -0.0533 e. The van der Waals surface area contributed by atoms with Gasteiger partial charge in [0.05, 0.1) is 0 Å². The zero-order valence-corrected chi connectivity index (χ0v) is 10.0. The predicted octanol–water partition coefficient (Wildman–Crippen LogP) is 4.60. The molecule has 0 aromatic rings. The van der Waals surface area contributed by atoms with Gasteiger partial charge in [0.1, 0.15) is 0 Å². The van der Waals surface area contributed by atoms with Crippen molar-refractivity contribution in [2.24, 2.45) is 23.2 Å². The van der Waals surface area contributed by atoms with Crippen LogP contribution in [0.2, 0.25) is 0 Å². The van der Waals surface area contributed by atoms with Crippen LogP contribution in [0.3, 0.4) is 0 Å². The summed E-state index contributed by atoms with van der Waals surface area (Å²) in [4.78, 5) is 0. The third kappa shape index (κ3) is 1.85. The molecule has 0 heteroatoms. The van der Waals surface area contributed by atoms with Crippen LogP contribution in [0.25, 0.3) is 0 Å². The van der Waals surface area contributed by atoms with E-state index in [9.17, 15) is 0 Å². The lowest BCUT2D eigenvalue weighted by atomic mass is 9.48. The Morgan fingerprint density at radius 1 is 0.867 bits per heavy atom. The number of hydrogen-bond donors (Lipinski definition) is 0. The topological polar surface area (TPSA) is 0 Å². The summed E-state index contributed by atoms with van der Waals surface area (Å²) in [5.74, 6) is 3.41. The lowest BCUT2D eigenvalue weighted by Crippen LogP contribution is -2.45. The van der Waals surface area contributed by atoms with Gasteiger partial charge in [-0.15, -0.1) is 0 Å². The first kappa shape index (κ1) is 10.2. The molecule has 4 rings (SSSR count). The van der Waals surface area contributed by atoms with E-state index in [1.807, 2.05) is 0 Å². The standard InChI is InChI=1S/C15H25/c1-2-3-4-5-15-9-12-6-13(10-15)8-14(7-12)11-15/h12-14H,1-11H2. The Morgan fingerprint density at radius 2 is 1.40 bits per heavy atom. The normalized spacial score (nSPS) is 47.4. The van der Waals surface area contributed by atoms with Gasteiger partial charge in [0.2, 0.25) is 0 Å². The Morgan fingerprint density at radius 3 is 1.87 bits per heavy atom. The molecular weight excluding hydrogens is 180 g/mol. The van der Waals surface area contributed by atoms with Gasteiger partial charge in [0, 0.05) is 0 Å². The molecule has 15 heavy (non-hydrogen) atoms. The molecule has 0 spiro atoms. The minimum absolute atomic E-state index is 0.823. The Bertz CT molecular complexity index is 193. The molecule has 1 radical (unpaired) electrons. The molecule has 0 aromatic carbocycles. The first-order valence-corrected chi connectivity index (χ1v) is 7.09. The quantitative estimate of drug-likeness (QED) is 0.588. The van der Waals surface area contributed by atoms with Crippen LogP contribution in [0.1, 0.15) is 64.2 Å². The molecule has 0 nitrogen and oxygen atoms in total. The van der Waals surface area contributed by atoms with Crippen LogP contribution in [0.4, 0.5) is 0 Å². The highest BCUT2D eigenvalue weighted by Crippen LogP contribution is 2.61. The summed E-state index contributed by atoms with van der Waals surface area (Å²) in [7, 11) is 0. The van der Waals surface area contributed by atoms with E-state index in [1.54, 1.807) is 38.5 Å². The average molecular weight is 205 g/mol. The van der Waals surface area contributed by atoms with Crippen molar-refractivity contribution in [1.82, 2.24) is 0 Å². The fourth-order valence-electron chi connectivity index (χ4n) is 5.27. The second-order valence-electron chi connectivity index (χ2n) is 6.73. The molecule has 0 aromatic heterocycles. The summed E-state index contributed by atoms with van der Waals surface area (Å²) in [5.41, 5.74) is 0.823. The predicted molar refractivity (Wildman–Crippen MR) is 64.4 cm³/mol. The highest BCUT2D eigenvalue weighted by molar-refractivity contribution is 5.01. The van der Waals surface area contributed by atoms with E-state index in [4.69, 9.17) is 0 Å². The summed E-state index contributed by atoms with van der Waals surface area (Å²) < 4.78 is 0. The molecule has 0 amide bonds. The Balaban J connectivity index is 1.65. The van der Waals surface area contributed by atoms with Crippen LogP contribution >= 0.6 is 0 Å². The van der Waals surface area contributed by atoms with E-state index < -0.39 is 0 Å². The molecule has 0 atom stereocenters. The third-order valence-corrected chi connectivity index (χ3v) is 5.37. The molecular formula is C15H25. The van der Waals surface area contributed by atoms with Gasteiger partial charge in [0.15, 0.2) is 0 Å². The van der Waals surface area contributed by atoms with Crippen molar-refractivity contribution < 1.29 is 0 Å². The number of hydrogen-bond acceptors (Lipinski definition) is 0. The van der Waals surface area contributed by atoms with Crippen molar-refractivity contribution in [1.29, 1.82) is 0 Å². The highest BCUT2D eigenvalue weighted by atomic mass is 14.5. The summed E-state index contributed by atoms with van der Waals surface area (Å²) in [5, 5.41) is 0. The van der Waals surface area contributed by atoms with Gasteiger partial charge in [-0.3, -0.25) is 0 Å². The van der Waals surface area contributed by atoms with Crippen LogP contribution in [0.5, 0.6) is 0 Å². The van der Waals surface area contributed by atoms with Crippen molar-refractivity contribution >= 4 is 0 Å². The minimum atomic E-state index is 0.823. The van der Waals surface area contributed by atoms with E-state index >= 15 is 0 Å². The SMILES string of the molecule is [CH2]CCCCC12CC3CC(CC(C3)C1)C2. The van der Waals surface area contributed by atoms with E-state index in [0.717, 1.165) is 29.6 Å². The van der Waals surface area contributed by atoms with Gasteiger partial charge in [0.25, 0.3) is 0 Å². The lowest BCUT2D eigenvalue weighted by Gasteiger charge is -2.57. The zero-order chi connectivity index (χ0) is 10.3. The third-order valence-electron chi connectivity index (χ3n) is 5.37. The van der Waals surface area contributed by atoms with Gasteiger partial charge < -0.3 is 0 Å². The summed E-state index contributed by atoms with van der Waals surface area (Å²) >= 11 is 0. The number of unbranched alkanes of at least 4 members (excludes halogenated alkanes) is 2. The van der Waals surface area contributed by atoms with Gasteiger partial charge in [-0.2, -0.15) is 0 Å². The van der Waals surface area contributed by atoms with Crippen molar-refractivity contribution in [3.05, 3.63) is 6.92 Å². The van der Waals surface area contributed by atoms with Crippen LogP contribution in [0, 0.1) is 30.1 Å². The molecule has 0 N–H and O–H groups in total. The maximum Gasteiger partial charge on any atom is -0.0290 e. The van der Waals surface area contributed by atoms with Crippen LogP contribution in [-0.2, 0) is 0 Å². The van der Waals surface area contributed by atoms with Crippen molar-refractivity contribution in [2.45, 2.75) is 64.2 Å². The van der Waals surface area contributed by atoms with Crippen LogP contribution < -0.4 is 0 Å². The van der Waals surface area contributed by atoms with E-state index in [2.05, 4.69) is 6.92 Å². The van der Waals surface area contributed by atoms with Crippen LogP contribution in [-0.4, -0.2) is 0 Å². The smallest absolute Gasteiger partial charge is 0.0290 e. The van der Waals surface area contributed by atoms with Gasteiger partial charge in [-0.05, 0) is 68.1 Å². The molecule has 0 unspecified atom stereocenters. The monoisotopic (exact) mass is 205 g/mol. The number of rotatable bonds is 4. The average Bonchev–Trinajstić information content (AvgIpc) is 2.15. The van der Waals surface area contributed by atoms with Gasteiger partial charge in [-0.25, -0.2) is 0 Å². The van der Waals surface area contributed by atoms with Crippen molar-refractivity contribution in [3.8, 4) is 0 Å². The fraction of sp³-hybridized carbons (Fsp3) is 0.933. The lowest BCUT2D eigenvalue weighted by molar-refractivity contribution is -0.0582. The van der Waals surface area contributed by atoms with E-state index in [1.165, 1.54) is 19.3 Å². The maximum atomic E-state index is 3.97. The molecule has 0 aliphatic heterocycles. The Labute approximate surface area is 94.8 Å². The molecule has 4 bridgehead atoms. The molecule has 4 aliphatic rings. The molecule has 0 saturated heterocycles. The molecule has 85 valence electrons. The Hall–Kier alpha value is 0. The largest absolute Gasteiger partial charge is 0.0533 e. The molecule has 4 aliphatic carbocycles. The first-order chi connectivity index (χ1) is 7.30. The molecule has 0 heterocycles. The van der Waals surface area contributed by atoms with Gasteiger partial charge >= 0.3 is 0 Å². The van der Waals surface area contributed by atoms with Crippen LogP contribution in [0.15, 0.2) is 0 Å². The zero-order valence-electron chi connectivity index (χ0n) is 10.0. The summed E-state index contributed by atoms with van der Waals surface area (Å²) in [6.07, 6.45) is 15.1. The molecule has 4 saturated carbocycles. The fourth-order valence-corrected chi connectivity index (χ4v) is 5.27. The van der Waals surface area contributed by atoms with E-state index in [0.29, 0.717) is 0 Å². The van der Waals surface area contributed by atoms with Crippen molar-refractivity contribution in [2.75, 3.05) is 0 Å². The summed E-state index contributed by atoms with van der Waals surface area (Å²) in [6.45, 7) is 3.97. The highest BCUT2D eigenvalue weighted by Gasteiger charge is 2.50. The van der Waals surface area contributed by atoms with Gasteiger partial charge in [-0.1, -0.05) is 26.2 Å². The Kier molecular flexibility index (Phi) is 2.57.